The number of amides is 4. The number of imide groups is 2. The first-order chi connectivity index (χ1) is 21.7. The molecule has 0 atom stereocenters. The Morgan fingerprint density at radius 3 is 2.11 bits per heavy atom. The van der Waals surface area contributed by atoms with E-state index in [1.54, 1.807) is 36.4 Å². The molecule has 0 saturated carbocycles. The number of anilines is 2. The first kappa shape index (κ1) is 29.8. The number of hydrogen-bond acceptors (Lipinski definition) is 5. The van der Waals surface area contributed by atoms with Gasteiger partial charge >= 0.3 is 6.03 Å². The maximum atomic E-state index is 14.1. The van der Waals surface area contributed by atoms with Crippen LogP contribution in [0.5, 0.6) is 11.5 Å². The second kappa shape index (κ2) is 12.4. The largest absolute Gasteiger partial charge is 0.493 e. The lowest BCUT2D eigenvalue weighted by atomic mass is 10.0. The van der Waals surface area contributed by atoms with Crippen molar-refractivity contribution in [2.24, 2.45) is 0 Å². The molecule has 8 heteroatoms. The van der Waals surface area contributed by atoms with Crippen LogP contribution in [0.25, 0.3) is 16.8 Å². The van der Waals surface area contributed by atoms with Crippen LogP contribution in [-0.4, -0.2) is 25.0 Å². The first-order valence-electron chi connectivity index (χ1n) is 14.3. The normalized spacial score (nSPS) is 14.4. The van der Waals surface area contributed by atoms with Crippen molar-refractivity contribution in [3.8, 4) is 11.5 Å². The fraction of sp³-hybridized carbons (Fsp3) is 0.108. The maximum absolute atomic E-state index is 14.1. The number of rotatable bonds is 7. The number of aryl methyl sites for hydroxylation is 2. The van der Waals surface area contributed by atoms with E-state index in [4.69, 9.17) is 9.47 Å². The van der Waals surface area contributed by atoms with Crippen LogP contribution in [0.15, 0.2) is 113 Å². The molecule has 1 aliphatic rings. The Bertz CT molecular complexity index is 1980. The van der Waals surface area contributed by atoms with E-state index in [0.717, 1.165) is 31.9 Å². The number of barbiturate groups is 1. The van der Waals surface area contributed by atoms with Crippen LogP contribution in [0.4, 0.5) is 16.2 Å². The summed E-state index contributed by atoms with van der Waals surface area (Å²) in [6.45, 7) is 4.26. The van der Waals surface area contributed by atoms with Gasteiger partial charge in [0.15, 0.2) is 11.5 Å². The van der Waals surface area contributed by atoms with Crippen LogP contribution in [-0.2, 0) is 16.2 Å². The molecule has 0 unspecified atom stereocenters. The zero-order valence-electron chi connectivity index (χ0n) is 24.9. The lowest BCUT2D eigenvalue weighted by molar-refractivity contribution is -0.121. The second-order valence-electron chi connectivity index (χ2n) is 10.8. The predicted molar refractivity (Wildman–Crippen MR) is 180 cm³/mol. The van der Waals surface area contributed by atoms with Crippen LogP contribution < -0.4 is 19.3 Å². The quantitative estimate of drug-likeness (QED) is 0.129. The molecule has 0 N–H and O–H groups in total. The molecule has 1 fully saturated rings. The van der Waals surface area contributed by atoms with Gasteiger partial charge in [0.05, 0.1) is 23.0 Å². The molecule has 5 aromatic carbocycles. The molecule has 1 heterocycles. The van der Waals surface area contributed by atoms with Crippen molar-refractivity contribution in [1.29, 1.82) is 0 Å². The van der Waals surface area contributed by atoms with Crippen LogP contribution in [0.3, 0.4) is 0 Å². The first-order valence-corrected chi connectivity index (χ1v) is 15.1. The van der Waals surface area contributed by atoms with E-state index in [9.17, 15) is 14.4 Å². The molecule has 7 nitrogen and oxygen atoms in total. The molecule has 224 valence electrons. The lowest BCUT2D eigenvalue weighted by Crippen LogP contribution is -2.57. The Morgan fingerprint density at radius 2 is 1.40 bits per heavy atom. The number of carbonyl (C=O) groups excluding carboxylic acids is 3. The van der Waals surface area contributed by atoms with Gasteiger partial charge < -0.3 is 9.47 Å². The minimum atomic E-state index is -0.749. The highest BCUT2D eigenvalue weighted by Gasteiger charge is 2.44. The van der Waals surface area contributed by atoms with Crippen molar-refractivity contribution < 1.29 is 23.9 Å². The predicted octanol–water partition coefficient (Wildman–Crippen LogP) is 8.39. The van der Waals surface area contributed by atoms with E-state index < -0.39 is 17.8 Å². The molecule has 4 amide bonds. The molecule has 45 heavy (non-hydrogen) atoms. The van der Waals surface area contributed by atoms with Crippen molar-refractivity contribution in [2.75, 3.05) is 16.9 Å². The number of carbonyl (C=O) groups is 3. The topological polar surface area (TPSA) is 76.2 Å². The number of nitrogens with zero attached hydrogens (tertiary/aromatic N) is 2. The molecule has 0 bridgehead atoms. The zero-order valence-corrected chi connectivity index (χ0v) is 26.5. The van der Waals surface area contributed by atoms with Gasteiger partial charge in [-0.3, -0.25) is 9.59 Å². The Kier molecular flexibility index (Phi) is 8.24. The minimum absolute atomic E-state index is 0.176. The van der Waals surface area contributed by atoms with Gasteiger partial charge in [-0.1, -0.05) is 83.9 Å². The number of ether oxygens (including phenoxy) is 2. The van der Waals surface area contributed by atoms with Crippen molar-refractivity contribution in [3.63, 3.8) is 0 Å². The van der Waals surface area contributed by atoms with Crippen LogP contribution >= 0.6 is 15.9 Å². The summed E-state index contributed by atoms with van der Waals surface area (Å²) in [4.78, 5) is 44.3. The Morgan fingerprint density at radius 1 is 0.756 bits per heavy atom. The zero-order chi connectivity index (χ0) is 31.7. The van der Waals surface area contributed by atoms with Gasteiger partial charge in [-0.2, -0.15) is 0 Å². The molecule has 0 aromatic heterocycles. The summed E-state index contributed by atoms with van der Waals surface area (Å²) in [6.07, 6.45) is 1.48. The number of urea groups is 1. The van der Waals surface area contributed by atoms with Gasteiger partial charge in [-0.15, -0.1) is 0 Å². The Labute approximate surface area is 269 Å². The average Bonchev–Trinajstić information content (AvgIpc) is 3.04. The SMILES string of the molecule is COc1cc(/C=C2\C(=O)N(c3ccc(C)cc3)C(=O)N(c3cccc4ccccc34)C2=O)cc(Br)c1OCc1ccc(C)cc1. The highest BCUT2D eigenvalue weighted by atomic mass is 79.9. The highest BCUT2D eigenvalue weighted by Crippen LogP contribution is 2.39. The Hall–Kier alpha value is -5.21. The number of fused-ring (bicyclic) bond motifs is 1. The van der Waals surface area contributed by atoms with Gasteiger partial charge in [-0.25, -0.2) is 14.6 Å². The van der Waals surface area contributed by atoms with Crippen molar-refractivity contribution in [2.45, 2.75) is 20.5 Å². The molecular weight excluding hydrogens is 632 g/mol. The highest BCUT2D eigenvalue weighted by molar-refractivity contribution is 9.10. The third-order valence-corrected chi connectivity index (χ3v) is 8.20. The summed E-state index contributed by atoms with van der Waals surface area (Å²) < 4.78 is 12.3. The minimum Gasteiger partial charge on any atom is -0.493 e. The van der Waals surface area contributed by atoms with Gasteiger partial charge in [-0.05, 0) is 82.7 Å². The smallest absolute Gasteiger partial charge is 0.343 e. The van der Waals surface area contributed by atoms with E-state index in [2.05, 4.69) is 15.9 Å². The Balaban J connectivity index is 1.43. The molecule has 0 radical (unpaired) electrons. The van der Waals surface area contributed by atoms with Gasteiger partial charge in [0.2, 0.25) is 0 Å². The summed E-state index contributed by atoms with van der Waals surface area (Å²) in [7, 11) is 1.52. The molecule has 1 saturated heterocycles. The summed E-state index contributed by atoms with van der Waals surface area (Å²) in [5.74, 6) is -0.550. The number of benzene rings is 5. The second-order valence-corrected chi connectivity index (χ2v) is 11.6. The third-order valence-electron chi connectivity index (χ3n) is 7.62. The standard InChI is InChI=1S/C37H29BrN2O5/c1-23-11-15-25(16-12-23)22-45-34-31(38)20-26(21-33(34)44-3)19-30-35(41)39(28-17-13-24(2)14-18-28)37(43)40(36(30)42)32-10-6-8-27-7-4-5-9-29(27)32/h4-21H,22H2,1-3H3/b30-19+. The molecular formula is C37H29BrN2O5. The van der Waals surface area contributed by atoms with Crippen molar-refractivity contribution in [3.05, 3.63) is 135 Å². The van der Waals surface area contributed by atoms with E-state index in [-0.39, 0.29) is 5.57 Å². The van der Waals surface area contributed by atoms with Gasteiger partial charge in [0.1, 0.15) is 12.2 Å². The average molecular weight is 662 g/mol. The van der Waals surface area contributed by atoms with E-state index in [1.807, 2.05) is 80.6 Å². The number of hydrogen-bond donors (Lipinski definition) is 0. The third kappa shape index (κ3) is 5.84. The van der Waals surface area contributed by atoms with Crippen molar-refractivity contribution >= 4 is 62.0 Å². The maximum Gasteiger partial charge on any atom is 0.343 e. The van der Waals surface area contributed by atoms with Gasteiger partial charge in [0.25, 0.3) is 11.8 Å². The lowest BCUT2D eigenvalue weighted by Gasteiger charge is -2.34. The molecule has 6 rings (SSSR count). The summed E-state index contributed by atoms with van der Waals surface area (Å²) in [5, 5.41) is 1.56. The molecule has 5 aromatic rings. The fourth-order valence-corrected chi connectivity index (χ4v) is 5.81. The molecule has 0 spiro atoms. The monoisotopic (exact) mass is 660 g/mol. The van der Waals surface area contributed by atoms with Crippen LogP contribution in [0, 0.1) is 13.8 Å². The van der Waals surface area contributed by atoms with E-state index in [0.29, 0.717) is 44.9 Å². The van der Waals surface area contributed by atoms with Crippen molar-refractivity contribution in [1.82, 2.24) is 0 Å². The summed E-state index contributed by atoms with van der Waals surface area (Å²) >= 11 is 3.58. The van der Waals surface area contributed by atoms with Crippen LogP contribution in [0.2, 0.25) is 0 Å². The summed E-state index contributed by atoms with van der Waals surface area (Å²) in [6, 6.07) is 30.6. The van der Waals surface area contributed by atoms with E-state index >= 15 is 0 Å². The van der Waals surface area contributed by atoms with Gasteiger partial charge in [0, 0.05) is 5.39 Å². The van der Waals surface area contributed by atoms with E-state index in [1.165, 1.54) is 13.2 Å². The number of methoxy groups -OCH3 is 1. The fourth-order valence-electron chi connectivity index (χ4n) is 5.24. The molecule has 1 aliphatic heterocycles. The summed E-state index contributed by atoms with van der Waals surface area (Å²) in [5.41, 5.74) is 4.20. The number of halogens is 1. The molecule has 0 aliphatic carbocycles. The van der Waals surface area contributed by atoms with Crippen LogP contribution in [0.1, 0.15) is 22.3 Å².